The number of carbonyl (C=O) groups is 1. The molecular weight excluding hydrogens is 222 g/mol. The molecular formula is C6H15CaNO4S. The Labute approximate surface area is 111 Å². The SMILES string of the molecule is CC(=O)NCC(C)CS(=O)(=O)O.[Ca+2].[H-].[H-]. The molecule has 0 rings (SSSR count). The third-order valence-corrected chi connectivity index (χ3v) is 2.18. The average Bonchev–Trinajstić information content (AvgIpc) is 1.79. The summed E-state index contributed by atoms with van der Waals surface area (Å²) in [6.45, 7) is 3.24. The van der Waals surface area contributed by atoms with Crippen molar-refractivity contribution >= 4 is 53.8 Å². The fourth-order valence-corrected chi connectivity index (χ4v) is 1.57. The van der Waals surface area contributed by atoms with E-state index in [1.165, 1.54) is 6.92 Å². The average molecular weight is 237 g/mol. The van der Waals surface area contributed by atoms with E-state index in [2.05, 4.69) is 5.32 Å². The van der Waals surface area contributed by atoms with Crippen LogP contribution >= 0.6 is 0 Å². The Morgan fingerprint density at radius 2 is 2.08 bits per heavy atom. The van der Waals surface area contributed by atoms with Gasteiger partial charge in [-0.2, -0.15) is 8.42 Å². The van der Waals surface area contributed by atoms with Gasteiger partial charge in [0.05, 0.1) is 5.75 Å². The van der Waals surface area contributed by atoms with Crippen LogP contribution < -0.4 is 5.32 Å². The van der Waals surface area contributed by atoms with Gasteiger partial charge in [-0.3, -0.25) is 9.35 Å². The molecule has 0 aromatic carbocycles. The normalized spacial score (nSPS) is 12.8. The van der Waals surface area contributed by atoms with Gasteiger partial charge < -0.3 is 8.17 Å². The van der Waals surface area contributed by atoms with Crippen LogP contribution in [0.2, 0.25) is 0 Å². The first kappa shape index (κ1) is 16.1. The monoisotopic (exact) mass is 237 g/mol. The van der Waals surface area contributed by atoms with Crippen molar-refractivity contribution in [3.63, 3.8) is 0 Å². The second-order valence-corrected chi connectivity index (χ2v) is 4.29. The van der Waals surface area contributed by atoms with E-state index >= 15 is 0 Å². The number of nitrogens with one attached hydrogen (secondary N) is 1. The Hall–Kier alpha value is 0.640. The third kappa shape index (κ3) is 12.6. The Bertz CT molecular complexity index is 260. The zero-order valence-corrected chi connectivity index (χ0v) is 10.8. The van der Waals surface area contributed by atoms with Crippen LogP contribution in [0.25, 0.3) is 0 Å². The zero-order valence-electron chi connectivity index (χ0n) is 9.78. The van der Waals surface area contributed by atoms with Gasteiger partial charge in [0.2, 0.25) is 5.91 Å². The number of carbonyl (C=O) groups excluding carboxylic acids is 1. The largest absolute Gasteiger partial charge is 2.00 e. The molecule has 1 atom stereocenters. The van der Waals surface area contributed by atoms with Gasteiger partial charge in [-0.15, -0.1) is 0 Å². The van der Waals surface area contributed by atoms with Gasteiger partial charge in [-0.05, 0) is 5.92 Å². The molecule has 76 valence electrons. The molecule has 1 amide bonds. The summed E-state index contributed by atoms with van der Waals surface area (Å²) in [5.74, 6) is -0.811. The first-order chi connectivity index (χ1) is 5.31. The molecule has 0 aliphatic carbocycles. The van der Waals surface area contributed by atoms with E-state index < -0.39 is 10.1 Å². The van der Waals surface area contributed by atoms with Crippen molar-refractivity contribution in [3.8, 4) is 0 Å². The first-order valence-electron chi connectivity index (χ1n) is 3.51. The van der Waals surface area contributed by atoms with E-state index in [1.54, 1.807) is 6.92 Å². The molecule has 0 aliphatic heterocycles. The van der Waals surface area contributed by atoms with Gasteiger partial charge in [0.1, 0.15) is 0 Å². The molecule has 0 spiro atoms. The molecule has 0 aromatic rings. The Morgan fingerprint density at radius 1 is 1.62 bits per heavy atom. The molecule has 5 nitrogen and oxygen atoms in total. The van der Waals surface area contributed by atoms with Gasteiger partial charge in [-0.25, -0.2) is 0 Å². The van der Waals surface area contributed by atoms with Crippen LogP contribution in [0.15, 0.2) is 0 Å². The van der Waals surface area contributed by atoms with Crippen molar-refractivity contribution < 1.29 is 20.6 Å². The molecule has 0 radical (unpaired) electrons. The number of hydrogen-bond acceptors (Lipinski definition) is 3. The maximum atomic E-state index is 10.4. The number of hydrogen-bond donors (Lipinski definition) is 2. The van der Waals surface area contributed by atoms with E-state index in [1.807, 2.05) is 0 Å². The molecule has 0 heterocycles. The van der Waals surface area contributed by atoms with Crippen LogP contribution in [0.1, 0.15) is 16.7 Å². The van der Waals surface area contributed by atoms with E-state index in [-0.39, 0.29) is 64.7 Å². The molecule has 0 saturated carbocycles. The van der Waals surface area contributed by atoms with E-state index in [9.17, 15) is 13.2 Å². The first-order valence-corrected chi connectivity index (χ1v) is 5.12. The van der Waals surface area contributed by atoms with Crippen LogP contribution in [0, 0.1) is 5.92 Å². The summed E-state index contributed by atoms with van der Waals surface area (Å²) in [6, 6.07) is 0. The van der Waals surface area contributed by atoms with Gasteiger partial charge >= 0.3 is 37.7 Å². The summed E-state index contributed by atoms with van der Waals surface area (Å²) >= 11 is 0. The summed E-state index contributed by atoms with van der Waals surface area (Å²) in [6.07, 6.45) is 0. The topological polar surface area (TPSA) is 83.5 Å². The van der Waals surface area contributed by atoms with Crippen molar-refractivity contribution in [1.29, 1.82) is 0 Å². The minimum atomic E-state index is -3.92. The fraction of sp³-hybridized carbons (Fsp3) is 0.833. The van der Waals surface area contributed by atoms with Crippen molar-refractivity contribution in [2.75, 3.05) is 12.3 Å². The van der Waals surface area contributed by atoms with E-state index in [0.29, 0.717) is 0 Å². The predicted octanol–water partition coefficient (Wildman–Crippen LogP) is -0.509. The van der Waals surface area contributed by atoms with Crippen molar-refractivity contribution in [1.82, 2.24) is 5.32 Å². The van der Waals surface area contributed by atoms with Crippen LogP contribution in [0.4, 0.5) is 0 Å². The van der Waals surface area contributed by atoms with Gasteiger partial charge in [0.25, 0.3) is 10.1 Å². The van der Waals surface area contributed by atoms with Crippen LogP contribution in [-0.4, -0.2) is 68.9 Å². The molecule has 2 N–H and O–H groups in total. The molecule has 0 aromatic heterocycles. The van der Waals surface area contributed by atoms with Crippen molar-refractivity contribution in [3.05, 3.63) is 0 Å². The zero-order chi connectivity index (χ0) is 9.78. The minimum Gasteiger partial charge on any atom is -1.00 e. The molecule has 0 fully saturated rings. The minimum absolute atomic E-state index is 0. The predicted molar refractivity (Wildman–Crippen MR) is 52.2 cm³/mol. The Balaban J connectivity index is -0.000000202. The summed E-state index contributed by atoms with van der Waals surface area (Å²) in [5.41, 5.74) is 0. The molecule has 0 bridgehead atoms. The van der Waals surface area contributed by atoms with Crippen molar-refractivity contribution in [2.45, 2.75) is 13.8 Å². The van der Waals surface area contributed by atoms with Gasteiger partial charge in [0, 0.05) is 13.5 Å². The summed E-state index contributed by atoms with van der Waals surface area (Å²) in [5, 5.41) is 2.45. The summed E-state index contributed by atoms with van der Waals surface area (Å²) < 4.78 is 29.1. The quantitative estimate of drug-likeness (QED) is 0.509. The van der Waals surface area contributed by atoms with Crippen molar-refractivity contribution in [2.24, 2.45) is 5.92 Å². The summed E-state index contributed by atoms with van der Waals surface area (Å²) in [7, 11) is -3.92. The van der Waals surface area contributed by atoms with Gasteiger partial charge in [0.15, 0.2) is 0 Å². The smallest absolute Gasteiger partial charge is 1.00 e. The molecule has 13 heavy (non-hydrogen) atoms. The molecule has 7 heteroatoms. The fourth-order valence-electron chi connectivity index (χ4n) is 0.736. The molecule has 0 saturated heterocycles. The summed E-state index contributed by atoms with van der Waals surface area (Å²) in [4.78, 5) is 10.4. The second-order valence-electron chi connectivity index (χ2n) is 2.79. The van der Waals surface area contributed by atoms with Crippen LogP contribution in [0.3, 0.4) is 0 Å². The molecule has 1 unspecified atom stereocenters. The van der Waals surface area contributed by atoms with Crippen LogP contribution in [0.5, 0.6) is 0 Å². The second kappa shape index (κ2) is 7.00. The van der Waals surface area contributed by atoms with Crippen LogP contribution in [-0.2, 0) is 14.9 Å². The van der Waals surface area contributed by atoms with Gasteiger partial charge in [-0.1, -0.05) is 6.92 Å². The van der Waals surface area contributed by atoms with E-state index in [0.717, 1.165) is 0 Å². The Kier molecular flexibility index (Phi) is 8.66. The number of rotatable bonds is 4. The third-order valence-electron chi connectivity index (χ3n) is 1.19. The number of amides is 1. The maximum absolute atomic E-state index is 10.4. The maximum Gasteiger partial charge on any atom is 2.00 e. The standard InChI is InChI=1S/C6H13NO4S.Ca.2H/c1-5(3-7-6(2)8)4-12(9,10)11;;;/h5H,3-4H2,1-2H3,(H,7,8)(H,9,10,11);;;/q;+2;2*-1. The Morgan fingerprint density at radius 3 is 2.38 bits per heavy atom. The molecule has 0 aliphatic rings. The van der Waals surface area contributed by atoms with E-state index in [4.69, 9.17) is 4.55 Å².